The molecular formula is C11H22N2. The summed E-state index contributed by atoms with van der Waals surface area (Å²) in [5.41, 5.74) is 6.37. The van der Waals surface area contributed by atoms with Crippen LogP contribution in [0, 0.1) is 0 Å². The van der Waals surface area contributed by atoms with Crippen molar-refractivity contribution in [3.05, 3.63) is 0 Å². The highest BCUT2D eigenvalue weighted by molar-refractivity contribution is 5.02. The molecule has 0 aromatic rings. The van der Waals surface area contributed by atoms with E-state index in [9.17, 15) is 0 Å². The SMILES string of the molecule is CCC1CCCCN1CC1(N)CC1. The Balaban J connectivity index is 1.87. The van der Waals surface area contributed by atoms with E-state index in [1.54, 1.807) is 0 Å². The molecule has 0 aromatic carbocycles. The first kappa shape index (κ1) is 9.47. The molecule has 2 nitrogen and oxygen atoms in total. The van der Waals surface area contributed by atoms with Gasteiger partial charge in [0.2, 0.25) is 0 Å². The second kappa shape index (κ2) is 3.58. The summed E-state index contributed by atoms with van der Waals surface area (Å²) < 4.78 is 0. The van der Waals surface area contributed by atoms with Crippen LogP contribution in [-0.2, 0) is 0 Å². The van der Waals surface area contributed by atoms with E-state index in [0.717, 1.165) is 12.6 Å². The number of hydrogen-bond acceptors (Lipinski definition) is 2. The average Bonchev–Trinajstić information content (AvgIpc) is 2.84. The second-order valence-corrected chi connectivity index (χ2v) is 4.89. The van der Waals surface area contributed by atoms with Crippen LogP contribution < -0.4 is 5.73 Å². The van der Waals surface area contributed by atoms with E-state index in [4.69, 9.17) is 5.73 Å². The van der Waals surface area contributed by atoms with Gasteiger partial charge in [0, 0.05) is 18.1 Å². The summed E-state index contributed by atoms with van der Waals surface area (Å²) >= 11 is 0. The van der Waals surface area contributed by atoms with E-state index in [0.29, 0.717) is 0 Å². The van der Waals surface area contributed by atoms with Gasteiger partial charge in [-0.15, -0.1) is 0 Å². The Bertz CT molecular complexity index is 175. The molecule has 0 spiro atoms. The zero-order chi connectivity index (χ0) is 9.31. The standard InChI is InChI=1S/C11H22N2/c1-2-10-5-3-4-8-13(10)9-11(12)6-7-11/h10H,2-9,12H2,1H3. The fraction of sp³-hybridized carbons (Fsp3) is 1.00. The molecular weight excluding hydrogens is 160 g/mol. The molecule has 76 valence electrons. The largest absolute Gasteiger partial charge is 0.324 e. The summed E-state index contributed by atoms with van der Waals surface area (Å²) in [7, 11) is 0. The summed E-state index contributed by atoms with van der Waals surface area (Å²) in [6.45, 7) is 4.75. The molecule has 1 heterocycles. The van der Waals surface area contributed by atoms with Crippen LogP contribution in [0.3, 0.4) is 0 Å². The lowest BCUT2D eigenvalue weighted by atomic mass is 9.99. The summed E-state index contributed by atoms with van der Waals surface area (Å²) in [6, 6.07) is 0.828. The van der Waals surface area contributed by atoms with Gasteiger partial charge in [-0.3, -0.25) is 4.90 Å². The van der Waals surface area contributed by atoms with Crippen LogP contribution in [0.4, 0.5) is 0 Å². The highest BCUT2D eigenvalue weighted by atomic mass is 15.2. The first-order valence-electron chi connectivity index (χ1n) is 5.76. The molecule has 0 bridgehead atoms. The highest BCUT2D eigenvalue weighted by Crippen LogP contribution is 2.34. The van der Waals surface area contributed by atoms with Crippen LogP contribution in [-0.4, -0.2) is 29.6 Å². The van der Waals surface area contributed by atoms with Crippen molar-refractivity contribution in [2.24, 2.45) is 5.73 Å². The maximum atomic E-state index is 6.15. The van der Waals surface area contributed by atoms with Gasteiger partial charge in [0.15, 0.2) is 0 Å². The molecule has 2 aliphatic rings. The van der Waals surface area contributed by atoms with Gasteiger partial charge < -0.3 is 5.73 Å². The third-order valence-electron chi connectivity index (χ3n) is 3.63. The first-order chi connectivity index (χ1) is 6.23. The molecule has 0 radical (unpaired) electrons. The molecule has 1 aliphatic heterocycles. The lowest BCUT2D eigenvalue weighted by molar-refractivity contribution is 0.132. The fourth-order valence-electron chi connectivity index (χ4n) is 2.45. The minimum atomic E-state index is 0.213. The topological polar surface area (TPSA) is 29.3 Å². The molecule has 0 amide bonds. The maximum absolute atomic E-state index is 6.15. The van der Waals surface area contributed by atoms with Crippen molar-refractivity contribution >= 4 is 0 Å². The summed E-state index contributed by atoms with van der Waals surface area (Å²) in [4.78, 5) is 2.64. The number of rotatable bonds is 3. The van der Waals surface area contributed by atoms with E-state index >= 15 is 0 Å². The molecule has 1 aliphatic carbocycles. The van der Waals surface area contributed by atoms with Crippen LogP contribution >= 0.6 is 0 Å². The Morgan fingerprint density at radius 1 is 1.38 bits per heavy atom. The zero-order valence-corrected chi connectivity index (χ0v) is 8.76. The van der Waals surface area contributed by atoms with Crippen LogP contribution in [0.15, 0.2) is 0 Å². The minimum Gasteiger partial charge on any atom is -0.324 e. The van der Waals surface area contributed by atoms with Crippen molar-refractivity contribution in [2.45, 2.75) is 57.0 Å². The molecule has 2 N–H and O–H groups in total. The van der Waals surface area contributed by atoms with Crippen molar-refractivity contribution in [2.75, 3.05) is 13.1 Å². The Morgan fingerprint density at radius 3 is 2.77 bits per heavy atom. The van der Waals surface area contributed by atoms with Crippen LogP contribution in [0.25, 0.3) is 0 Å². The Kier molecular flexibility index (Phi) is 2.61. The van der Waals surface area contributed by atoms with Gasteiger partial charge in [-0.2, -0.15) is 0 Å². The normalized spacial score (nSPS) is 33.2. The average molecular weight is 182 g/mol. The zero-order valence-electron chi connectivity index (χ0n) is 8.76. The van der Waals surface area contributed by atoms with Gasteiger partial charge in [0.05, 0.1) is 0 Å². The minimum absolute atomic E-state index is 0.213. The molecule has 1 unspecified atom stereocenters. The Labute approximate surface area is 81.5 Å². The molecule has 13 heavy (non-hydrogen) atoms. The number of nitrogens with two attached hydrogens (primary N) is 1. The van der Waals surface area contributed by atoms with Crippen LogP contribution in [0.5, 0.6) is 0 Å². The van der Waals surface area contributed by atoms with E-state index in [2.05, 4.69) is 11.8 Å². The molecule has 2 heteroatoms. The van der Waals surface area contributed by atoms with Gasteiger partial charge >= 0.3 is 0 Å². The van der Waals surface area contributed by atoms with Crippen molar-refractivity contribution in [1.29, 1.82) is 0 Å². The van der Waals surface area contributed by atoms with Gasteiger partial charge in [-0.05, 0) is 38.6 Å². The first-order valence-corrected chi connectivity index (χ1v) is 5.76. The predicted molar refractivity (Wildman–Crippen MR) is 55.7 cm³/mol. The number of piperidine rings is 1. The highest BCUT2D eigenvalue weighted by Gasteiger charge is 2.41. The molecule has 2 rings (SSSR count). The van der Waals surface area contributed by atoms with Crippen LogP contribution in [0.1, 0.15) is 45.4 Å². The molecule has 2 fully saturated rings. The van der Waals surface area contributed by atoms with Gasteiger partial charge in [0.1, 0.15) is 0 Å². The van der Waals surface area contributed by atoms with Gasteiger partial charge in [0.25, 0.3) is 0 Å². The summed E-state index contributed by atoms with van der Waals surface area (Å²) in [6.07, 6.45) is 8.00. The van der Waals surface area contributed by atoms with Crippen molar-refractivity contribution in [3.63, 3.8) is 0 Å². The molecule has 1 saturated carbocycles. The number of nitrogens with zero attached hydrogens (tertiary/aromatic N) is 1. The molecule has 0 aromatic heterocycles. The Hall–Kier alpha value is -0.0800. The van der Waals surface area contributed by atoms with Crippen molar-refractivity contribution in [3.8, 4) is 0 Å². The molecule has 1 saturated heterocycles. The third kappa shape index (κ3) is 2.23. The quantitative estimate of drug-likeness (QED) is 0.720. The lowest BCUT2D eigenvalue weighted by Crippen LogP contribution is -2.46. The van der Waals surface area contributed by atoms with Gasteiger partial charge in [-0.25, -0.2) is 0 Å². The molecule has 1 atom stereocenters. The smallest absolute Gasteiger partial charge is 0.0284 e. The van der Waals surface area contributed by atoms with E-state index in [1.807, 2.05) is 0 Å². The van der Waals surface area contributed by atoms with Gasteiger partial charge in [-0.1, -0.05) is 13.3 Å². The monoisotopic (exact) mass is 182 g/mol. The van der Waals surface area contributed by atoms with E-state index in [-0.39, 0.29) is 5.54 Å². The van der Waals surface area contributed by atoms with Crippen molar-refractivity contribution in [1.82, 2.24) is 4.90 Å². The number of likely N-dealkylation sites (tertiary alicyclic amines) is 1. The summed E-state index contributed by atoms with van der Waals surface area (Å²) in [5.74, 6) is 0. The lowest BCUT2D eigenvalue weighted by Gasteiger charge is -2.36. The Morgan fingerprint density at radius 2 is 2.15 bits per heavy atom. The van der Waals surface area contributed by atoms with Crippen molar-refractivity contribution < 1.29 is 0 Å². The predicted octanol–water partition coefficient (Wildman–Crippen LogP) is 1.74. The second-order valence-electron chi connectivity index (χ2n) is 4.89. The summed E-state index contributed by atoms with van der Waals surface area (Å²) in [5, 5.41) is 0. The fourth-order valence-corrected chi connectivity index (χ4v) is 2.45. The number of hydrogen-bond donors (Lipinski definition) is 1. The van der Waals surface area contributed by atoms with Crippen LogP contribution in [0.2, 0.25) is 0 Å². The van der Waals surface area contributed by atoms with E-state index < -0.39 is 0 Å². The van der Waals surface area contributed by atoms with E-state index in [1.165, 1.54) is 45.1 Å². The maximum Gasteiger partial charge on any atom is 0.0284 e. The third-order valence-corrected chi connectivity index (χ3v) is 3.63.